The highest BCUT2D eigenvalue weighted by molar-refractivity contribution is 7.71. The van der Waals surface area contributed by atoms with Crippen molar-refractivity contribution in [1.82, 2.24) is 19.6 Å². The van der Waals surface area contributed by atoms with Gasteiger partial charge in [-0.25, -0.2) is 9.78 Å². The monoisotopic (exact) mass is 182 g/mol. The highest BCUT2D eigenvalue weighted by Crippen LogP contribution is 1.96. The first kappa shape index (κ1) is 7.23. The van der Waals surface area contributed by atoms with Crippen molar-refractivity contribution >= 4 is 17.9 Å². The second-order valence-electron chi connectivity index (χ2n) is 2.48. The van der Waals surface area contributed by atoms with Crippen LogP contribution in [0.15, 0.2) is 10.9 Å². The molecule has 0 bridgehead atoms. The Balaban J connectivity index is 3.08. The van der Waals surface area contributed by atoms with Gasteiger partial charge in [0, 0.05) is 11.8 Å². The molecule has 2 heterocycles. The molecule has 2 N–H and O–H groups in total. The lowest BCUT2D eigenvalue weighted by Crippen LogP contribution is -2.18. The predicted molar refractivity (Wildman–Crippen MR) is 45.7 cm³/mol. The molecule has 0 spiro atoms. The van der Waals surface area contributed by atoms with Crippen LogP contribution in [0.4, 0.5) is 0 Å². The molecule has 12 heavy (non-hydrogen) atoms. The first-order chi connectivity index (χ1) is 5.66. The van der Waals surface area contributed by atoms with Crippen LogP contribution < -0.4 is 5.69 Å². The van der Waals surface area contributed by atoms with E-state index in [1.807, 2.05) is 6.92 Å². The Labute approximate surface area is 72.1 Å². The third-order valence-electron chi connectivity index (χ3n) is 1.50. The van der Waals surface area contributed by atoms with Crippen LogP contribution in [0, 0.1) is 11.7 Å². The quantitative estimate of drug-likeness (QED) is 0.579. The van der Waals surface area contributed by atoms with Gasteiger partial charge < -0.3 is 0 Å². The number of hydrogen-bond acceptors (Lipinski definition) is 3. The maximum absolute atomic E-state index is 11.2. The van der Waals surface area contributed by atoms with Crippen molar-refractivity contribution in [3.63, 3.8) is 0 Å². The summed E-state index contributed by atoms with van der Waals surface area (Å²) in [5.41, 5.74) is 1.12. The number of aryl methyl sites for hydroxylation is 1. The molecule has 62 valence electrons. The number of H-pyrrole nitrogens is 2. The van der Waals surface area contributed by atoms with Crippen molar-refractivity contribution in [3.05, 3.63) is 27.0 Å². The van der Waals surface area contributed by atoms with Gasteiger partial charge in [-0.3, -0.25) is 10.1 Å². The SMILES string of the molecule is Cc1cc2nc(=S)[nH]c(=O)n2[nH]1. The topological polar surface area (TPSA) is 65.9 Å². The number of rotatable bonds is 0. The molecule has 0 aliphatic rings. The average Bonchev–Trinajstić information content (AvgIpc) is 2.29. The minimum atomic E-state index is -0.293. The van der Waals surface area contributed by atoms with Crippen LogP contribution in [0.5, 0.6) is 0 Å². The molecule has 0 aromatic carbocycles. The van der Waals surface area contributed by atoms with Crippen molar-refractivity contribution in [1.29, 1.82) is 0 Å². The van der Waals surface area contributed by atoms with E-state index in [2.05, 4.69) is 15.1 Å². The molecule has 2 aromatic heterocycles. The fourth-order valence-corrected chi connectivity index (χ4v) is 1.22. The number of nitrogens with zero attached hydrogens (tertiary/aromatic N) is 2. The van der Waals surface area contributed by atoms with Crippen LogP contribution in [0.25, 0.3) is 5.65 Å². The van der Waals surface area contributed by atoms with Crippen LogP contribution in [0.3, 0.4) is 0 Å². The highest BCUT2D eigenvalue weighted by atomic mass is 32.1. The van der Waals surface area contributed by atoms with Gasteiger partial charge >= 0.3 is 5.69 Å². The zero-order chi connectivity index (χ0) is 8.72. The summed E-state index contributed by atoms with van der Waals surface area (Å²) in [5, 5.41) is 2.82. The van der Waals surface area contributed by atoms with E-state index in [4.69, 9.17) is 12.2 Å². The molecule has 0 saturated heterocycles. The molecule has 0 aliphatic heterocycles. The lowest BCUT2D eigenvalue weighted by atomic mass is 10.5. The molecule has 6 heteroatoms. The van der Waals surface area contributed by atoms with Gasteiger partial charge in [0.25, 0.3) is 0 Å². The highest BCUT2D eigenvalue weighted by Gasteiger charge is 1.99. The molecule has 2 rings (SSSR count). The van der Waals surface area contributed by atoms with E-state index < -0.39 is 0 Å². The molecule has 0 amide bonds. The smallest absolute Gasteiger partial charge is 0.293 e. The van der Waals surface area contributed by atoms with E-state index in [0.29, 0.717) is 5.65 Å². The molecule has 2 aromatic rings. The first-order valence-corrected chi connectivity index (χ1v) is 3.76. The van der Waals surface area contributed by atoms with Gasteiger partial charge in [-0.1, -0.05) is 0 Å². The largest absolute Gasteiger partial charge is 0.348 e. The lowest BCUT2D eigenvalue weighted by Gasteiger charge is -1.88. The molecule has 0 aliphatic carbocycles. The summed E-state index contributed by atoms with van der Waals surface area (Å²) < 4.78 is 1.52. The number of aromatic amines is 2. The molecular formula is C6H6N4OS. The normalized spacial score (nSPS) is 10.8. The second kappa shape index (κ2) is 2.28. The summed E-state index contributed by atoms with van der Waals surface area (Å²) in [6, 6.07) is 1.76. The molecule has 0 atom stereocenters. The van der Waals surface area contributed by atoms with Crippen molar-refractivity contribution in [2.45, 2.75) is 6.92 Å². The Morgan fingerprint density at radius 2 is 2.42 bits per heavy atom. The Kier molecular flexibility index (Phi) is 1.37. The van der Waals surface area contributed by atoms with E-state index in [-0.39, 0.29) is 10.5 Å². The zero-order valence-electron chi connectivity index (χ0n) is 6.29. The average molecular weight is 182 g/mol. The molecular weight excluding hydrogens is 176 g/mol. The number of fused-ring (bicyclic) bond motifs is 1. The summed E-state index contributed by atoms with van der Waals surface area (Å²) in [7, 11) is 0. The van der Waals surface area contributed by atoms with Gasteiger partial charge in [-0.2, -0.15) is 4.52 Å². The van der Waals surface area contributed by atoms with Gasteiger partial charge in [-0.05, 0) is 19.1 Å². The van der Waals surface area contributed by atoms with Gasteiger partial charge in [0.15, 0.2) is 5.65 Å². The summed E-state index contributed by atoms with van der Waals surface area (Å²) >= 11 is 4.74. The lowest BCUT2D eigenvalue weighted by molar-refractivity contribution is 0.822. The third-order valence-corrected chi connectivity index (χ3v) is 1.69. The summed E-state index contributed by atoms with van der Waals surface area (Å²) in [6.45, 7) is 1.84. The first-order valence-electron chi connectivity index (χ1n) is 3.35. The summed E-state index contributed by atoms with van der Waals surface area (Å²) in [5.74, 6) is 0. The Morgan fingerprint density at radius 1 is 1.67 bits per heavy atom. The zero-order valence-corrected chi connectivity index (χ0v) is 7.10. The Bertz CT molecular complexity index is 534. The third kappa shape index (κ3) is 0.964. The molecule has 0 unspecified atom stereocenters. The predicted octanol–water partition coefficient (Wildman–Crippen LogP) is 0.389. The number of aromatic nitrogens is 4. The van der Waals surface area contributed by atoms with Gasteiger partial charge in [0.2, 0.25) is 4.77 Å². The van der Waals surface area contributed by atoms with E-state index in [1.165, 1.54) is 4.52 Å². The fraction of sp³-hybridized carbons (Fsp3) is 0.167. The maximum Gasteiger partial charge on any atom is 0.348 e. The van der Waals surface area contributed by atoms with E-state index in [1.54, 1.807) is 6.07 Å². The van der Waals surface area contributed by atoms with E-state index in [0.717, 1.165) is 5.69 Å². The summed E-state index contributed by atoms with van der Waals surface area (Å²) in [6.07, 6.45) is 0. The maximum atomic E-state index is 11.2. The van der Waals surface area contributed by atoms with E-state index >= 15 is 0 Å². The Morgan fingerprint density at radius 3 is 3.17 bits per heavy atom. The van der Waals surface area contributed by atoms with Crippen LogP contribution >= 0.6 is 12.2 Å². The van der Waals surface area contributed by atoms with Gasteiger partial charge in [0.05, 0.1) is 0 Å². The van der Waals surface area contributed by atoms with Crippen molar-refractivity contribution in [2.24, 2.45) is 0 Å². The molecule has 0 radical (unpaired) electrons. The van der Waals surface area contributed by atoms with E-state index in [9.17, 15) is 4.79 Å². The molecule has 0 saturated carbocycles. The number of hydrogen-bond donors (Lipinski definition) is 2. The fourth-order valence-electron chi connectivity index (χ4n) is 1.04. The minimum Gasteiger partial charge on any atom is -0.293 e. The van der Waals surface area contributed by atoms with Crippen molar-refractivity contribution in [2.75, 3.05) is 0 Å². The van der Waals surface area contributed by atoms with Crippen LogP contribution in [0.2, 0.25) is 0 Å². The van der Waals surface area contributed by atoms with Gasteiger partial charge in [-0.15, -0.1) is 0 Å². The summed E-state index contributed by atoms with van der Waals surface area (Å²) in [4.78, 5) is 17.5. The van der Waals surface area contributed by atoms with Crippen LogP contribution in [-0.4, -0.2) is 19.6 Å². The van der Waals surface area contributed by atoms with Crippen molar-refractivity contribution < 1.29 is 0 Å². The van der Waals surface area contributed by atoms with Crippen molar-refractivity contribution in [3.8, 4) is 0 Å². The molecule has 5 nitrogen and oxygen atoms in total. The van der Waals surface area contributed by atoms with Crippen LogP contribution in [0.1, 0.15) is 5.69 Å². The Hall–Kier alpha value is -1.43. The molecule has 0 fully saturated rings. The van der Waals surface area contributed by atoms with Crippen LogP contribution in [-0.2, 0) is 0 Å². The standard InChI is InChI=1S/C6H6N4OS/c1-3-2-4-7-5(12)8-6(11)10(4)9-3/h2,9H,1H3,(H,8,11,12). The number of nitrogens with one attached hydrogen (secondary N) is 2. The van der Waals surface area contributed by atoms with Gasteiger partial charge in [0.1, 0.15) is 0 Å². The minimum absolute atomic E-state index is 0.207. The second-order valence-corrected chi connectivity index (χ2v) is 2.87.